The summed E-state index contributed by atoms with van der Waals surface area (Å²) in [6, 6.07) is 15.6. The summed E-state index contributed by atoms with van der Waals surface area (Å²) in [6.45, 7) is 0. The second-order valence-corrected chi connectivity index (χ2v) is 8.38. The van der Waals surface area contributed by atoms with E-state index in [1.807, 2.05) is 30.3 Å². The van der Waals surface area contributed by atoms with Crippen molar-refractivity contribution in [2.45, 2.75) is 12.0 Å². The van der Waals surface area contributed by atoms with Gasteiger partial charge in [0.15, 0.2) is 28.5 Å². The number of hydrogen-bond acceptors (Lipinski definition) is 8. The SMILES string of the molecule is COc1cc(NC(=O)C2(c3ccccc3)CC(=O)N2c2cc(OC)c(OC)c(OC)c2)cc(OC)c1OC. The molecule has 1 fully saturated rings. The lowest BCUT2D eigenvalue weighted by Gasteiger charge is -2.50. The van der Waals surface area contributed by atoms with Crippen molar-refractivity contribution in [2.24, 2.45) is 0 Å². The van der Waals surface area contributed by atoms with Gasteiger partial charge in [-0.25, -0.2) is 0 Å². The Hall–Kier alpha value is -4.60. The number of nitrogens with zero attached hydrogens (tertiary/aromatic N) is 1. The Morgan fingerprint density at radius 2 is 1.21 bits per heavy atom. The van der Waals surface area contributed by atoms with Crippen molar-refractivity contribution >= 4 is 23.2 Å². The molecule has 0 saturated carbocycles. The molecule has 1 heterocycles. The molecular weight excluding hydrogens is 492 g/mol. The molecule has 0 spiro atoms. The van der Waals surface area contributed by atoms with Gasteiger partial charge in [-0.2, -0.15) is 0 Å². The Kier molecular flexibility index (Phi) is 7.52. The first-order chi connectivity index (χ1) is 18.4. The average molecular weight is 523 g/mol. The average Bonchev–Trinajstić information content (AvgIpc) is 2.94. The van der Waals surface area contributed by atoms with Crippen LogP contribution in [-0.4, -0.2) is 54.5 Å². The molecule has 200 valence electrons. The molecule has 10 heteroatoms. The number of β-lactam (4-membered cyclic amide) rings is 1. The van der Waals surface area contributed by atoms with Crippen molar-refractivity contribution in [1.82, 2.24) is 0 Å². The number of benzene rings is 3. The van der Waals surface area contributed by atoms with Crippen molar-refractivity contribution in [1.29, 1.82) is 0 Å². The highest BCUT2D eigenvalue weighted by atomic mass is 16.5. The fraction of sp³-hybridized carbons (Fsp3) is 0.286. The first-order valence-corrected chi connectivity index (χ1v) is 11.7. The van der Waals surface area contributed by atoms with Crippen LogP contribution in [0.3, 0.4) is 0 Å². The third-order valence-corrected chi connectivity index (χ3v) is 6.50. The molecule has 0 radical (unpaired) electrons. The number of ether oxygens (including phenoxy) is 6. The first-order valence-electron chi connectivity index (χ1n) is 11.7. The lowest BCUT2D eigenvalue weighted by Crippen LogP contribution is -2.67. The van der Waals surface area contributed by atoms with Gasteiger partial charge in [0.25, 0.3) is 5.91 Å². The van der Waals surface area contributed by atoms with Gasteiger partial charge < -0.3 is 33.7 Å². The monoisotopic (exact) mass is 522 g/mol. The van der Waals surface area contributed by atoms with Gasteiger partial charge in [0.05, 0.1) is 54.8 Å². The molecule has 4 rings (SSSR count). The third kappa shape index (κ3) is 4.27. The van der Waals surface area contributed by atoms with Gasteiger partial charge in [0, 0.05) is 30.0 Å². The zero-order valence-corrected chi connectivity index (χ0v) is 22.1. The van der Waals surface area contributed by atoms with Crippen LogP contribution in [0.4, 0.5) is 11.4 Å². The molecule has 1 atom stereocenters. The van der Waals surface area contributed by atoms with Crippen LogP contribution in [0.25, 0.3) is 0 Å². The van der Waals surface area contributed by atoms with E-state index in [2.05, 4.69) is 5.32 Å². The normalized spacial score (nSPS) is 16.3. The van der Waals surface area contributed by atoms with E-state index in [9.17, 15) is 9.59 Å². The molecule has 3 aromatic carbocycles. The van der Waals surface area contributed by atoms with Crippen LogP contribution >= 0.6 is 0 Å². The van der Waals surface area contributed by atoms with Crippen molar-refractivity contribution < 1.29 is 38.0 Å². The van der Waals surface area contributed by atoms with Crippen molar-refractivity contribution in [3.63, 3.8) is 0 Å². The summed E-state index contributed by atoms with van der Waals surface area (Å²) in [4.78, 5) is 28.8. The van der Waals surface area contributed by atoms with E-state index in [0.29, 0.717) is 51.4 Å². The number of methoxy groups -OCH3 is 6. The third-order valence-electron chi connectivity index (χ3n) is 6.50. The van der Waals surface area contributed by atoms with Gasteiger partial charge in [0.2, 0.25) is 17.4 Å². The van der Waals surface area contributed by atoms with Crippen molar-refractivity contribution in [2.75, 3.05) is 52.9 Å². The number of anilines is 2. The summed E-state index contributed by atoms with van der Waals surface area (Å²) in [5, 5.41) is 2.95. The lowest BCUT2D eigenvalue weighted by molar-refractivity contribution is -0.137. The number of nitrogens with one attached hydrogen (secondary N) is 1. The molecule has 1 aliphatic heterocycles. The Morgan fingerprint density at radius 3 is 1.63 bits per heavy atom. The van der Waals surface area contributed by atoms with Crippen LogP contribution in [0.2, 0.25) is 0 Å². The molecule has 1 unspecified atom stereocenters. The predicted molar refractivity (Wildman–Crippen MR) is 141 cm³/mol. The van der Waals surface area contributed by atoms with Crippen molar-refractivity contribution in [3.05, 3.63) is 60.2 Å². The minimum Gasteiger partial charge on any atom is -0.493 e. The van der Waals surface area contributed by atoms with E-state index in [-0.39, 0.29) is 12.3 Å². The maximum atomic E-state index is 14.1. The van der Waals surface area contributed by atoms with Gasteiger partial charge >= 0.3 is 0 Å². The van der Waals surface area contributed by atoms with Crippen LogP contribution in [0.5, 0.6) is 34.5 Å². The summed E-state index contributed by atoms with van der Waals surface area (Å²) in [7, 11) is 8.95. The number of carbonyl (C=O) groups is 2. The summed E-state index contributed by atoms with van der Waals surface area (Å²) >= 11 is 0. The van der Waals surface area contributed by atoms with Gasteiger partial charge in [-0.3, -0.25) is 14.5 Å². The van der Waals surface area contributed by atoms with Crippen LogP contribution in [0.15, 0.2) is 54.6 Å². The zero-order valence-electron chi connectivity index (χ0n) is 22.1. The Morgan fingerprint density at radius 1 is 0.737 bits per heavy atom. The minimum absolute atomic E-state index is 0.0517. The van der Waals surface area contributed by atoms with Crippen LogP contribution < -0.4 is 38.6 Å². The predicted octanol–water partition coefficient (Wildman–Crippen LogP) is 4.01. The summed E-state index contributed by atoms with van der Waals surface area (Å²) in [6.07, 6.45) is -0.0517. The highest BCUT2D eigenvalue weighted by molar-refractivity contribution is 6.17. The molecule has 10 nitrogen and oxygen atoms in total. The van der Waals surface area contributed by atoms with E-state index in [1.165, 1.54) is 47.6 Å². The van der Waals surface area contributed by atoms with Gasteiger partial charge in [-0.1, -0.05) is 30.3 Å². The topological polar surface area (TPSA) is 105 Å². The molecule has 1 aliphatic rings. The zero-order chi connectivity index (χ0) is 27.4. The quantitative estimate of drug-likeness (QED) is 0.399. The second-order valence-electron chi connectivity index (χ2n) is 8.38. The number of rotatable bonds is 10. The molecule has 0 bridgehead atoms. The van der Waals surface area contributed by atoms with E-state index in [0.717, 1.165) is 0 Å². The molecule has 1 N–H and O–H groups in total. The minimum atomic E-state index is -1.36. The van der Waals surface area contributed by atoms with Gasteiger partial charge in [0.1, 0.15) is 0 Å². The highest BCUT2D eigenvalue weighted by Gasteiger charge is 2.58. The maximum absolute atomic E-state index is 14.1. The number of hydrogen-bond donors (Lipinski definition) is 1. The largest absolute Gasteiger partial charge is 0.493 e. The van der Waals surface area contributed by atoms with Gasteiger partial charge in [-0.05, 0) is 5.56 Å². The molecule has 1 saturated heterocycles. The van der Waals surface area contributed by atoms with E-state index < -0.39 is 11.4 Å². The van der Waals surface area contributed by atoms with Gasteiger partial charge in [-0.15, -0.1) is 0 Å². The van der Waals surface area contributed by atoms with E-state index in [4.69, 9.17) is 28.4 Å². The van der Waals surface area contributed by atoms with E-state index in [1.54, 1.807) is 24.3 Å². The lowest BCUT2D eigenvalue weighted by atomic mass is 9.76. The summed E-state index contributed by atoms with van der Waals surface area (Å²) < 4.78 is 32.7. The van der Waals surface area contributed by atoms with E-state index >= 15 is 0 Å². The summed E-state index contributed by atoms with van der Waals surface area (Å²) in [5.41, 5.74) is 0.102. The second kappa shape index (κ2) is 10.8. The smallest absolute Gasteiger partial charge is 0.255 e. The summed E-state index contributed by atoms with van der Waals surface area (Å²) in [5.74, 6) is 1.56. The fourth-order valence-electron chi connectivity index (χ4n) is 4.71. The fourth-order valence-corrected chi connectivity index (χ4v) is 4.71. The Bertz CT molecular complexity index is 1290. The highest BCUT2D eigenvalue weighted by Crippen LogP contribution is 2.50. The van der Waals surface area contributed by atoms with Crippen LogP contribution in [0.1, 0.15) is 12.0 Å². The molecule has 2 amide bonds. The molecular formula is C28H30N2O8. The molecule has 0 aromatic heterocycles. The molecule has 0 aliphatic carbocycles. The molecule has 3 aromatic rings. The Balaban J connectivity index is 1.84. The first kappa shape index (κ1) is 26.5. The molecule has 38 heavy (non-hydrogen) atoms. The number of amides is 2. The maximum Gasteiger partial charge on any atom is 0.255 e. The van der Waals surface area contributed by atoms with Crippen molar-refractivity contribution in [3.8, 4) is 34.5 Å². The van der Waals surface area contributed by atoms with Crippen LogP contribution in [-0.2, 0) is 15.1 Å². The standard InChI is InChI=1S/C28H30N2O8/c1-33-20-12-18(13-21(34-2)25(20)37-5)29-27(32)28(17-10-8-7-9-11-17)16-24(31)30(28)19-14-22(35-3)26(38-6)23(15-19)36-4/h7-15H,16H2,1-6H3,(H,29,32). The van der Waals surface area contributed by atoms with Crippen LogP contribution in [0, 0.1) is 0 Å². The number of carbonyl (C=O) groups excluding carboxylic acids is 2. The Labute approximate surface area is 221 Å².